The maximum Gasteiger partial charge on any atom is 0.407 e. The number of aliphatic hydroxyl groups is 1. The quantitative estimate of drug-likeness (QED) is 0.0111. The highest BCUT2D eigenvalue weighted by atomic mass is 19.1. The van der Waals surface area contributed by atoms with Gasteiger partial charge in [0.1, 0.15) is 63.6 Å². The number of nitrogens with one attached hydrogen (secondary N) is 9. The van der Waals surface area contributed by atoms with E-state index in [0.717, 1.165) is 22.3 Å². The Morgan fingerprint density at radius 3 is 2.03 bits per heavy atom. The smallest absolute Gasteiger partial charge is 0.407 e. The molecule has 616 valence electrons. The van der Waals surface area contributed by atoms with Gasteiger partial charge in [0.25, 0.3) is 5.56 Å². The fourth-order valence-corrected chi connectivity index (χ4v) is 14.1. The van der Waals surface area contributed by atoms with Gasteiger partial charge in [-0.2, -0.15) is 0 Å². The van der Waals surface area contributed by atoms with E-state index in [1.165, 1.54) is 29.9 Å². The number of fused-ring (bicyclic) bond motifs is 8. The number of urea groups is 1. The molecule has 2 aliphatic carbocycles. The minimum atomic E-state index is -2.07. The predicted octanol–water partition coefficient (Wildman–Crippen LogP) is 4.09. The molecule has 10 rings (SSSR count). The van der Waals surface area contributed by atoms with Gasteiger partial charge in [-0.1, -0.05) is 81.4 Å². The molecule has 12 N–H and O–H groups in total. The second kappa shape index (κ2) is 41.0. The Kier molecular flexibility index (Phi) is 30.6. The number of amides is 10. The van der Waals surface area contributed by atoms with Gasteiger partial charge >= 0.3 is 30.2 Å². The van der Waals surface area contributed by atoms with E-state index in [4.69, 9.17) is 53.3 Å². The summed E-state index contributed by atoms with van der Waals surface area (Å²) in [6, 6.07) is 19.9. The molecular formula is C80H97FN12O22. The molecular weight excluding hydrogens is 1500 g/mol. The molecule has 0 fully saturated rings. The highest BCUT2D eigenvalue weighted by Crippen LogP contribution is 2.47. The third-order valence-corrected chi connectivity index (χ3v) is 20.1. The maximum absolute atomic E-state index is 15.4. The summed E-state index contributed by atoms with van der Waals surface area (Å²) in [6.45, 7) is 6.66. The second-order valence-corrected chi connectivity index (χ2v) is 28.1. The normalized spacial score (nSPS) is 15.5. The molecule has 6 aromatic rings. The number of pyridine rings is 2. The Bertz CT molecular complexity index is 4590. The molecule has 0 unspecified atom stereocenters. The van der Waals surface area contributed by atoms with Crippen LogP contribution in [0.5, 0.6) is 0 Å². The molecule has 2 aromatic heterocycles. The van der Waals surface area contributed by atoms with Crippen LogP contribution < -0.4 is 59.1 Å². The Balaban J connectivity index is 0.603. The lowest BCUT2D eigenvalue weighted by molar-refractivity contribution is -0.172. The summed E-state index contributed by atoms with van der Waals surface area (Å²) < 4.78 is 65.4. The van der Waals surface area contributed by atoms with Crippen LogP contribution in [0.15, 0.2) is 89.7 Å². The SMILES string of the molecule is CC[C@@]1(O)C(=O)OCc2c1cc1n(c2=O)Cc2c-1nc1cc(F)c(C)c3c1c2[C@@H](NC(=O)COCNC(=O)CNC(=O)OCc1ccc(NC(=O)[C@H](CCCNC(N)=O)NC(=O)[C@@H](NC(=O)[C@H](CCC(=O)OC)NC(=O)CCOCCOCCOCCOCCNC(=O)OCC2c4ccccc4-c4ccccc42)C(C)C)cc1)CC3. The molecule has 35 heteroatoms. The average Bonchev–Trinajstić information content (AvgIpc) is 1.59. The van der Waals surface area contributed by atoms with Gasteiger partial charge in [-0.25, -0.2) is 28.6 Å². The number of esters is 2. The predicted molar refractivity (Wildman–Crippen MR) is 410 cm³/mol. The van der Waals surface area contributed by atoms with Gasteiger partial charge < -0.3 is 106 Å². The van der Waals surface area contributed by atoms with Crippen LogP contribution in [0.25, 0.3) is 33.4 Å². The number of ether oxygens (including phenoxy) is 9. The molecule has 0 bridgehead atoms. The van der Waals surface area contributed by atoms with Crippen molar-refractivity contribution in [3.05, 3.63) is 151 Å². The van der Waals surface area contributed by atoms with E-state index in [9.17, 15) is 62.6 Å². The van der Waals surface area contributed by atoms with Crippen molar-refractivity contribution in [3.63, 3.8) is 0 Å². The third kappa shape index (κ3) is 22.3. The summed E-state index contributed by atoms with van der Waals surface area (Å²) in [6.07, 6.45) is -1.31. The Morgan fingerprint density at radius 2 is 1.37 bits per heavy atom. The number of hydrogen-bond donors (Lipinski definition) is 11. The van der Waals surface area contributed by atoms with Crippen molar-refractivity contribution < 1.29 is 105 Å². The summed E-state index contributed by atoms with van der Waals surface area (Å²) in [5.41, 5.74) is 11.5. The number of nitrogens with zero attached hydrogens (tertiary/aromatic N) is 2. The molecule has 34 nitrogen and oxygen atoms in total. The number of cyclic esters (lactones) is 1. The monoisotopic (exact) mass is 1600 g/mol. The van der Waals surface area contributed by atoms with Crippen LogP contribution in [0.1, 0.15) is 128 Å². The molecule has 5 atom stereocenters. The summed E-state index contributed by atoms with van der Waals surface area (Å²) >= 11 is 0. The van der Waals surface area contributed by atoms with E-state index < -0.39 is 133 Å². The molecule has 115 heavy (non-hydrogen) atoms. The molecule has 4 heterocycles. The summed E-state index contributed by atoms with van der Waals surface area (Å²) in [4.78, 5) is 162. The van der Waals surface area contributed by atoms with Crippen LogP contribution in [-0.2, 0) is 113 Å². The first-order valence-corrected chi connectivity index (χ1v) is 38.0. The number of aryl methyl sites for hydroxylation is 1. The van der Waals surface area contributed by atoms with E-state index in [-0.39, 0.29) is 147 Å². The highest BCUT2D eigenvalue weighted by Gasteiger charge is 2.46. The van der Waals surface area contributed by atoms with Crippen LogP contribution in [0.4, 0.5) is 24.5 Å². The lowest BCUT2D eigenvalue weighted by Gasteiger charge is -2.31. The number of carbonyl (C=O) groups excluding carboxylic acids is 11. The van der Waals surface area contributed by atoms with Crippen molar-refractivity contribution in [2.75, 3.05) is 105 Å². The molecule has 0 saturated carbocycles. The molecule has 4 aliphatic rings. The summed E-state index contributed by atoms with van der Waals surface area (Å²) in [7, 11) is 1.17. The van der Waals surface area contributed by atoms with Gasteiger partial charge in [0, 0.05) is 60.1 Å². The first kappa shape index (κ1) is 85.9. The number of alkyl carbamates (subject to hydrolysis) is 2. The van der Waals surface area contributed by atoms with Gasteiger partial charge in [-0.15, -0.1) is 0 Å². The molecule has 2 aliphatic heterocycles. The lowest BCUT2D eigenvalue weighted by Crippen LogP contribution is -2.58. The lowest BCUT2D eigenvalue weighted by atomic mass is 9.81. The summed E-state index contributed by atoms with van der Waals surface area (Å²) in [5, 5.41) is 35.6. The highest BCUT2D eigenvalue weighted by molar-refractivity contribution is 5.99. The van der Waals surface area contributed by atoms with Crippen molar-refractivity contribution in [3.8, 4) is 22.5 Å². The number of rotatable bonds is 42. The Morgan fingerprint density at radius 1 is 0.704 bits per heavy atom. The van der Waals surface area contributed by atoms with Gasteiger partial charge in [0.05, 0.1) is 95.0 Å². The fourth-order valence-electron chi connectivity index (χ4n) is 14.1. The first-order valence-electron chi connectivity index (χ1n) is 38.0. The van der Waals surface area contributed by atoms with Gasteiger partial charge in [0.2, 0.25) is 35.4 Å². The van der Waals surface area contributed by atoms with Crippen LogP contribution in [0.2, 0.25) is 0 Å². The largest absolute Gasteiger partial charge is 0.469 e. The van der Waals surface area contributed by atoms with Gasteiger partial charge in [0.15, 0.2) is 5.60 Å². The third-order valence-electron chi connectivity index (χ3n) is 20.1. The van der Waals surface area contributed by atoms with E-state index in [1.807, 2.05) is 24.3 Å². The van der Waals surface area contributed by atoms with Crippen LogP contribution in [-0.4, -0.2) is 198 Å². The van der Waals surface area contributed by atoms with Crippen molar-refractivity contribution in [2.45, 2.75) is 135 Å². The van der Waals surface area contributed by atoms with E-state index in [1.54, 1.807) is 45.9 Å². The van der Waals surface area contributed by atoms with E-state index >= 15 is 4.39 Å². The number of halogens is 1. The van der Waals surface area contributed by atoms with Crippen molar-refractivity contribution in [1.82, 2.24) is 52.1 Å². The van der Waals surface area contributed by atoms with Crippen molar-refractivity contribution >= 4 is 82.2 Å². The molecule has 4 aromatic carbocycles. The topological polar surface area (TPSA) is 460 Å². The molecule has 0 radical (unpaired) electrons. The van der Waals surface area contributed by atoms with E-state index in [0.29, 0.717) is 69.6 Å². The van der Waals surface area contributed by atoms with Crippen molar-refractivity contribution in [1.29, 1.82) is 0 Å². The van der Waals surface area contributed by atoms with Crippen LogP contribution >= 0.6 is 0 Å². The van der Waals surface area contributed by atoms with Crippen molar-refractivity contribution in [2.24, 2.45) is 11.7 Å². The minimum absolute atomic E-state index is 0.0179. The number of carbonyl (C=O) groups is 11. The zero-order valence-electron chi connectivity index (χ0n) is 64.6. The second-order valence-electron chi connectivity index (χ2n) is 28.1. The molecule has 0 spiro atoms. The zero-order valence-corrected chi connectivity index (χ0v) is 64.6. The molecule has 0 saturated heterocycles. The maximum atomic E-state index is 15.4. The number of primary amides is 1. The van der Waals surface area contributed by atoms with Gasteiger partial charge in [-0.05, 0) is 114 Å². The average molecular weight is 1600 g/mol. The Hall–Kier alpha value is -11.5. The fraction of sp³-hybridized carbons (Fsp3) is 0.463. The Labute approximate surface area is 661 Å². The van der Waals surface area contributed by atoms with Gasteiger partial charge in [-0.3, -0.25) is 38.4 Å². The zero-order chi connectivity index (χ0) is 82.3. The number of aromatic nitrogens is 2. The molecule has 10 amide bonds. The summed E-state index contributed by atoms with van der Waals surface area (Å²) in [5.74, 6) is -6.75. The number of methoxy groups -OCH3 is 1. The number of nitrogens with two attached hydrogens (primary N) is 1. The van der Waals surface area contributed by atoms with Crippen LogP contribution in [0.3, 0.4) is 0 Å². The number of hydrogen-bond acceptors (Lipinski definition) is 23. The number of benzene rings is 4. The minimum Gasteiger partial charge on any atom is -0.469 e. The standard InChI is InChI=1S/C80H97FN12O22/c1-6-80(106)57-36-63-71-54(39-93(63)75(101)56(57)42-113-76(80)102)69-59(22-21-49-46(4)58(81)37-62(90-71)68(49)69)88-66(96)43-112-44-86-65(95)38-85-79(105)114-40-47-17-19-48(20-18-47)87-72(98)60(16-11-26-83-77(82)103)91-74(100)70(45(2)3)92-73(99)61(23-24-67(97)107-5)89-64(94)25-28-108-30-32-110-34-35-111-33-31-109-29-27-84-78(104)115-41-55-52-14-9-7-12-50(52)51-13-8-10-15-53(51)55/h7-10,12-15,17-20,36-37,45,55,59-61,70,106H,6,11,16,21-35,38-44H2,1-5H3,(H,84,104)(H,85,105)(H,86,95)(H,87,98)(H,88,96)(H,89,94)(H,91,100)(H,92,99)(H3,82,83,103)/t59-,60-,61-,70-,80-/m0/s1. The number of anilines is 1. The first-order chi connectivity index (χ1) is 55.4. The van der Waals surface area contributed by atoms with E-state index in [2.05, 4.69) is 72.1 Å². The van der Waals surface area contributed by atoms with Crippen LogP contribution in [0, 0.1) is 18.7 Å².